The number of rotatable bonds is 4. The topological polar surface area (TPSA) is 62.2 Å². The number of nitrogens with zero attached hydrogens (tertiary/aromatic N) is 1. The van der Waals surface area contributed by atoms with Gasteiger partial charge >= 0.3 is 7.12 Å². The molecule has 1 saturated heterocycles. The number of anilines is 1. The van der Waals surface area contributed by atoms with Gasteiger partial charge in [0.1, 0.15) is 5.75 Å². The zero-order chi connectivity index (χ0) is 13.7. The van der Waals surface area contributed by atoms with Gasteiger partial charge < -0.3 is 24.4 Å². The van der Waals surface area contributed by atoms with E-state index in [0.717, 1.165) is 37.6 Å². The lowest BCUT2D eigenvalue weighted by atomic mass is 9.90. The van der Waals surface area contributed by atoms with Gasteiger partial charge in [-0.3, -0.25) is 0 Å². The third kappa shape index (κ3) is 3.73. The molecule has 5 nitrogen and oxygen atoms in total. The van der Waals surface area contributed by atoms with Crippen LogP contribution in [0.2, 0.25) is 0 Å². The Hall–Kier alpha value is -1.50. The average Bonchev–Trinajstić information content (AvgIpc) is 2.45. The first-order valence-electron chi connectivity index (χ1n) is 6.26. The fourth-order valence-electron chi connectivity index (χ4n) is 2.06. The maximum absolute atomic E-state index is 8.90. The summed E-state index contributed by atoms with van der Waals surface area (Å²) in [7, 11) is 0.132. The number of hydrogen-bond acceptors (Lipinski definition) is 5. The molecule has 0 saturated carbocycles. The summed E-state index contributed by atoms with van der Waals surface area (Å²) < 4.78 is 10.6. The minimum Gasteiger partial charge on any atom is -0.496 e. The number of morpholine rings is 1. The summed E-state index contributed by atoms with van der Waals surface area (Å²) in [6.45, 7) is 3.18. The summed E-state index contributed by atoms with van der Waals surface area (Å²) in [5.41, 5.74) is 1.90. The summed E-state index contributed by atoms with van der Waals surface area (Å²) in [6, 6.07) is 5.86. The van der Waals surface area contributed by atoms with Gasteiger partial charge in [0.2, 0.25) is 0 Å². The van der Waals surface area contributed by atoms with Crippen LogP contribution >= 0.6 is 0 Å². The molecule has 1 heterocycles. The zero-order valence-electron chi connectivity index (χ0n) is 11.0. The van der Waals surface area contributed by atoms with Crippen molar-refractivity contribution in [2.24, 2.45) is 0 Å². The Labute approximate surface area is 113 Å². The third-order valence-electron chi connectivity index (χ3n) is 3.04. The van der Waals surface area contributed by atoms with Crippen LogP contribution in [0.4, 0.5) is 5.69 Å². The Bertz CT molecular complexity index is 444. The molecule has 19 heavy (non-hydrogen) atoms. The van der Waals surface area contributed by atoms with Crippen LogP contribution in [0.1, 0.15) is 5.56 Å². The second-order valence-corrected chi connectivity index (χ2v) is 4.30. The van der Waals surface area contributed by atoms with Crippen LogP contribution in [0, 0.1) is 0 Å². The fraction of sp³-hybridized carbons (Fsp3) is 0.385. The van der Waals surface area contributed by atoms with Crippen molar-refractivity contribution in [2.75, 3.05) is 38.3 Å². The van der Waals surface area contributed by atoms with E-state index in [1.54, 1.807) is 13.2 Å². The van der Waals surface area contributed by atoms with Crippen molar-refractivity contribution >= 4 is 18.9 Å². The molecule has 102 valence electrons. The highest BCUT2D eigenvalue weighted by molar-refractivity contribution is 6.48. The molecule has 1 aliphatic heterocycles. The highest BCUT2D eigenvalue weighted by Crippen LogP contribution is 2.26. The Morgan fingerprint density at radius 1 is 1.32 bits per heavy atom. The van der Waals surface area contributed by atoms with Crippen LogP contribution in [0.25, 0.3) is 6.08 Å². The third-order valence-corrected chi connectivity index (χ3v) is 3.04. The molecular formula is C13H18BNO4. The van der Waals surface area contributed by atoms with Crippen molar-refractivity contribution in [2.45, 2.75) is 0 Å². The predicted molar refractivity (Wildman–Crippen MR) is 75.3 cm³/mol. The molecule has 0 amide bonds. The van der Waals surface area contributed by atoms with Gasteiger partial charge in [-0.05, 0) is 18.2 Å². The van der Waals surface area contributed by atoms with Crippen molar-refractivity contribution < 1.29 is 19.5 Å². The van der Waals surface area contributed by atoms with E-state index in [2.05, 4.69) is 4.90 Å². The highest BCUT2D eigenvalue weighted by atomic mass is 16.5. The van der Waals surface area contributed by atoms with Gasteiger partial charge in [-0.25, -0.2) is 0 Å². The van der Waals surface area contributed by atoms with Gasteiger partial charge in [0, 0.05) is 24.3 Å². The monoisotopic (exact) mass is 263 g/mol. The number of benzene rings is 1. The van der Waals surface area contributed by atoms with E-state index in [9.17, 15) is 0 Å². The van der Waals surface area contributed by atoms with Gasteiger partial charge in [-0.15, -0.1) is 0 Å². The summed E-state index contributed by atoms with van der Waals surface area (Å²) in [5.74, 6) is 2.01. The standard InChI is InChI=1S/C13H18BNO4/c1-18-13-3-2-12(15-6-8-19-9-7-15)10-11(13)4-5-14(16)17/h2-5,10,16-17H,6-9H2,1H3/b5-4+. The Morgan fingerprint density at radius 3 is 2.68 bits per heavy atom. The fourth-order valence-corrected chi connectivity index (χ4v) is 2.06. The largest absolute Gasteiger partial charge is 0.496 e. The summed E-state index contributed by atoms with van der Waals surface area (Å²) in [4.78, 5) is 2.23. The first-order chi connectivity index (χ1) is 9.20. The van der Waals surface area contributed by atoms with Crippen molar-refractivity contribution in [3.05, 3.63) is 29.7 Å². The lowest BCUT2D eigenvalue weighted by molar-refractivity contribution is 0.122. The predicted octanol–water partition coefficient (Wildman–Crippen LogP) is 0.557. The van der Waals surface area contributed by atoms with Crippen LogP contribution in [0.5, 0.6) is 5.75 Å². The Balaban J connectivity index is 2.23. The first kappa shape index (κ1) is 13.9. The normalized spacial score (nSPS) is 15.8. The van der Waals surface area contributed by atoms with Gasteiger partial charge in [0.05, 0.1) is 20.3 Å². The Kier molecular flexibility index (Phi) is 4.84. The second-order valence-electron chi connectivity index (χ2n) is 4.30. The molecule has 0 aliphatic carbocycles. The van der Waals surface area contributed by atoms with Gasteiger partial charge in [0.15, 0.2) is 0 Å². The van der Waals surface area contributed by atoms with Crippen LogP contribution in [-0.2, 0) is 4.74 Å². The van der Waals surface area contributed by atoms with Gasteiger partial charge in [-0.2, -0.15) is 0 Å². The van der Waals surface area contributed by atoms with Crippen LogP contribution < -0.4 is 9.64 Å². The zero-order valence-corrected chi connectivity index (χ0v) is 11.0. The summed E-state index contributed by atoms with van der Waals surface area (Å²) >= 11 is 0. The molecule has 1 aliphatic rings. The maximum atomic E-state index is 8.90. The van der Waals surface area contributed by atoms with Crippen LogP contribution in [0.15, 0.2) is 24.2 Å². The summed E-state index contributed by atoms with van der Waals surface area (Å²) in [5, 5.41) is 17.8. The van der Waals surface area contributed by atoms with E-state index in [1.165, 1.54) is 5.98 Å². The molecule has 0 unspecified atom stereocenters. The van der Waals surface area contributed by atoms with E-state index in [4.69, 9.17) is 19.5 Å². The number of methoxy groups -OCH3 is 1. The molecule has 0 radical (unpaired) electrons. The van der Waals surface area contributed by atoms with E-state index in [1.807, 2.05) is 18.2 Å². The molecule has 2 rings (SSSR count). The van der Waals surface area contributed by atoms with Gasteiger partial charge in [-0.1, -0.05) is 12.1 Å². The molecular weight excluding hydrogens is 245 g/mol. The summed E-state index contributed by atoms with van der Waals surface area (Å²) in [6.07, 6.45) is 1.65. The molecule has 0 aromatic heterocycles. The van der Waals surface area contributed by atoms with Crippen molar-refractivity contribution in [1.29, 1.82) is 0 Å². The molecule has 1 fully saturated rings. The maximum Gasteiger partial charge on any atom is 0.480 e. The van der Waals surface area contributed by atoms with Crippen LogP contribution in [-0.4, -0.2) is 50.6 Å². The van der Waals surface area contributed by atoms with E-state index in [0.29, 0.717) is 5.75 Å². The van der Waals surface area contributed by atoms with E-state index < -0.39 is 7.12 Å². The minimum absolute atomic E-state index is 0.703. The molecule has 0 spiro atoms. The van der Waals surface area contributed by atoms with E-state index in [-0.39, 0.29) is 0 Å². The quantitative estimate of drug-likeness (QED) is 0.777. The molecule has 0 bridgehead atoms. The highest BCUT2D eigenvalue weighted by Gasteiger charge is 2.13. The van der Waals surface area contributed by atoms with E-state index >= 15 is 0 Å². The molecule has 0 atom stereocenters. The smallest absolute Gasteiger partial charge is 0.480 e. The minimum atomic E-state index is -1.46. The average molecular weight is 263 g/mol. The number of ether oxygens (including phenoxy) is 2. The molecule has 1 aromatic rings. The van der Waals surface area contributed by atoms with Gasteiger partial charge in [0.25, 0.3) is 0 Å². The lowest BCUT2D eigenvalue weighted by Gasteiger charge is -2.29. The lowest BCUT2D eigenvalue weighted by Crippen LogP contribution is -2.36. The Morgan fingerprint density at radius 2 is 2.05 bits per heavy atom. The van der Waals surface area contributed by atoms with Crippen molar-refractivity contribution in [3.63, 3.8) is 0 Å². The first-order valence-corrected chi connectivity index (χ1v) is 6.26. The van der Waals surface area contributed by atoms with Crippen LogP contribution in [0.3, 0.4) is 0 Å². The molecule has 1 aromatic carbocycles. The number of hydrogen-bond donors (Lipinski definition) is 2. The van der Waals surface area contributed by atoms with Crippen molar-refractivity contribution in [3.8, 4) is 5.75 Å². The molecule has 2 N–H and O–H groups in total. The molecule has 6 heteroatoms. The van der Waals surface area contributed by atoms with Crippen molar-refractivity contribution in [1.82, 2.24) is 0 Å². The second kappa shape index (κ2) is 6.61. The SMILES string of the molecule is COc1ccc(N2CCOCC2)cc1/C=C/B(O)O.